The van der Waals surface area contributed by atoms with Gasteiger partial charge in [0.2, 0.25) is 0 Å². The molecule has 3 saturated carbocycles. The average Bonchev–Trinajstić information content (AvgIpc) is 3.14. The van der Waals surface area contributed by atoms with Crippen molar-refractivity contribution in [2.75, 3.05) is 13.2 Å². The number of hydrogen-bond acceptors (Lipinski definition) is 5. The van der Waals surface area contributed by atoms with Crippen molar-refractivity contribution in [3.63, 3.8) is 0 Å². The van der Waals surface area contributed by atoms with E-state index in [2.05, 4.69) is 32.6 Å². The zero-order valence-corrected chi connectivity index (χ0v) is 22.5. The van der Waals surface area contributed by atoms with Crippen LogP contribution in [0.1, 0.15) is 91.9 Å². The smallest absolute Gasteiger partial charge is 0.114 e. The van der Waals surface area contributed by atoms with Crippen LogP contribution in [0.5, 0.6) is 0 Å². The first-order valence-electron chi connectivity index (χ1n) is 13.9. The average molecular weight is 491 g/mol. The number of aliphatic hydroxyl groups excluding tert-OH is 3. The van der Waals surface area contributed by atoms with Crippen molar-refractivity contribution < 1.29 is 25.2 Å². The molecule has 0 aromatic carbocycles. The fraction of sp³-hybridized carbons (Fsp3) is 0.800. The zero-order chi connectivity index (χ0) is 25.8. The van der Waals surface area contributed by atoms with Crippen molar-refractivity contribution in [3.05, 3.63) is 35.5 Å². The molecule has 0 unspecified atom stereocenters. The van der Waals surface area contributed by atoms with Gasteiger partial charge in [0.1, 0.15) is 12.2 Å². The lowest BCUT2D eigenvalue weighted by atomic mass is 9.60. The maximum Gasteiger partial charge on any atom is 0.114 e. The maximum atomic E-state index is 10.7. The summed E-state index contributed by atoms with van der Waals surface area (Å²) < 4.78 is 5.63. The maximum absolute atomic E-state index is 10.7. The molecule has 3 aliphatic rings. The molecule has 7 atom stereocenters. The van der Waals surface area contributed by atoms with Gasteiger partial charge in [-0.3, -0.25) is 0 Å². The van der Waals surface area contributed by atoms with Gasteiger partial charge in [-0.2, -0.15) is 0 Å². The SMILES string of the molecule is C=C1/C(=C/C=C2\CCC[C@]3(C)[C@@H]([C@@H](C)CCCC(C)(C)O)CC[C@@H]23)C[C@@H](O)[C@@H](OCCCO)[C@@H]1O. The minimum Gasteiger partial charge on any atom is -0.396 e. The summed E-state index contributed by atoms with van der Waals surface area (Å²) in [6, 6.07) is 0. The van der Waals surface area contributed by atoms with Crippen LogP contribution in [0, 0.1) is 23.2 Å². The van der Waals surface area contributed by atoms with Gasteiger partial charge in [-0.05, 0) is 93.1 Å². The van der Waals surface area contributed by atoms with Crippen LogP contribution in [-0.2, 0) is 4.74 Å². The van der Waals surface area contributed by atoms with Crippen LogP contribution in [0.2, 0.25) is 0 Å². The molecule has 0 aromatic heterocycles. The molecule has 0 spiro atoms. The number of aliphatic hydroxyl groups is 4. The quantitative estimate of drug-likeness (QED) is 0.321. The first-order valence-corrected chi connectivity index (χ1v) is 13.9. The highest BCUT2D eigenvalue weighted by molar-refractivity contribution is 5.40. The summed E-state index contributed by atoms with van der Waals surface area (Å²) in [6.07, 6.45) is 12.1. The Kier molecular flexibility index (Phi) is 9.84. The third-order valence-electron chi connectivity index (χ3n) is 9.17. The van der Waals surface area contributed by atoms with E-state index in [1.54, 1.807) is 0 Å². The molecule has 0 amide bonds. The summed E-state index contributed by atoms with van der Waals surface area (Å²) in [7, 11) is 0. The van der Waals surface area contributed by atoms with Crippen molar-refractivity contribution in [3.8, 4) is 0 Å². The van der Waals surface area contributed by atoms with E-state index in [1.807, 2.05) is 13.8 Å². The molecule has 3 rings (SSSR count). The molecule has 4 N–H and O–H groups in total. The molecule has 3 fully saturated rings. The van der Waals surface area contributed by atoms with Gasteiger partial charge >= 0.3 is 0 Å². The normalized spacial score (nSPS) is 37.1. The molecular weight excluding hydrogens is 440 g/mol. The highest BCUT2D eigenvalue weighted by Gasteiger charge is 2.50. The second kappa shape index (κ2) is 12.0. The van der Waals surface area contributed by atoms with E-state index in [0.717, 1.165) is 30.8 Å². The molecule has 200 valence electrons. The largest absolute Gasteiger partial charge is 0.396 e. The van der Waals surface area contributed by atoms with Gasteiger partial charge in [0.25, 0.3) is 0 Å². The third-order valence-corrected chi connectivity index (χ3v) is 9.17. The molecule has 0 aliphatic heterocycles. The topological polar surface area (TPSA) is 90.2 Å². The van der Waals surface area contributed by atoms with Crippen LogP contribution in [-0.4, -0.2) is 57.6 Å². The fourth-order valence-corrected chi connectivity index (χ4v) is 7.21. The molecule has 35 heavy (non-hydrogen) atoms. The van der Waals surface area contributed by atoms with Gasteiger partial charge in [-0.15, -0.1) is 0 Å². The molecule has 0 radical (unpaired) electrons. The second-order valence-electron chi connectivity index (χ2n) is 12.4. The Hall–Kier alpha value is -0.980. The lowest BCUT2D eigenvalue weighted by Crippen LogP contribution is -2.45. The first kappa shape index (κ1) is 28.6. The number of ether oxygens (including phenoxy) is 1. The monoisotopic (exact) mass is 490 g/mol. The zero-order valence-electron chi connectivity index (χ0n) is 22.5. The van der Waals surface area contributed by atoms with Gasteiger partial charge in [-0.25, -0.2) is 0 Å². The predicted molar refractivity (Wildman–Crippen MR) is 141 cm³/mol. The number of rotatable bonds is 10. The van der Waals surface area contributed by atoms with Gasteiger partial charge < -0.3 is 25.2 Å². The van der Waals surface area contributed by atoms with Crippen LogP contribution in [0.3, 0.4) is 0 Å². The first-order chi connectivity index (χ1) is 16.5. The van der Waals surface area contributed by atoms with Gasteiger partial charge in [0.05, 0.1) is 11.7 Å². The van der Waals surface area contributed by atoms with Gasteiger partial charge in [0.15, 0.2) is 0 Å². The molecule has 3 aliphatic carbocycles. The van der Waals surface area contributed by atoms with Crippen molar-refractivity contribution in [1.29, 1.82) is 0 Å². The summed E-state index contributed by atoms with van der Waals surface area (Å²) in [4.78, 5) is 0. The summed E-state index contributed by atoms with van der Waals surface area (Å²) in [5, 5.41) is 40.4. The molecule has 0 bridgehead atoms. The van der Waals surface area contributed by atoms with Gasteiger partial charge in [-0.1, -0.05) is 51.0 Å². The Morgan fingerprint density at radius 2 is 1.94 bits per heavy atom. The van der Waals surface area contributed by atoms with E-state index in [0.29, 0.717) is 42.3 Å². The minimum atomic E-state index is -0.931. The van der Waals surface area contributed by atoms with Crippen LogP contribution < -0.4 is 0 Å². The molecule has 5 heteroatoms. The van der Waals surface area contributed by atoms with Crippen LogP contribution in [0.4, 0.5) is 0 Å². The van der Waals surface area contributed by atoms with E-state index in [1.165, 1.54) is 37.7 Å². The number of fused-ring (bicyclic) bond motifs is 1. The Bertz CT molecular complexity index is 778. The Balaban J connectivity index is 1.67. The van der Waals surface area contributed by atoms with E-state index in [4.69, 9.17) is 9.84 Å². The third kappa shape index (κ3) is 6.87. The molecular formula is C30H50O5. The lowest BCUT2D eigenvalue weighted by Gasteiger charge is -2.44. The van der Waals surface area contributed by atoms with Crippen molar-refractivity contribution in [2.24, 2.45) is 23.2 Å². The molecule has 0 heterocycles. The van der Waals surface area contributed by atoms with E-state index in [9.17, 15) is 15.3 Å². The fourth-order valence-electron chi connectivity index (χ4n) is 7.21. The second-order valence-corrected chi connectivity index (χ2v) is 12.4. The van der Waals surface area contributed by atoms with Crippen LogP contribution >= 0.6 is 0 Å². The van der Waals surface area contributed by atoms with Gasteiger partial charge in [0, 0.05) is 19.6 Å². The molecule has 0 saturated heterocycles. The molecule has 5 nitrogen and oxygen atoms in total. The van der Waals surface area contributed by atoms with Crippen molar-refractivity contribution in [1.82, 2.24) is 0 Å². The minimum absolute atomic E-state index is 0.0269. The predicted octanol–water partition coefficient (Wildman–Crippen LogP) is 5.08. The van der Waals surface area contributed by atoms with Crippen LogP contribution in [0.15, 0.2) is 35.5 Å². The Morgan fingerprint density at radius 1 is 1.20 bits per heavy atom. The molecule has 0 aromatic rings. The Morgan fingerprint density at radius 3 is 2.63 bits per heavy atom. The lowest BCUT2D eigenvalue weighted by molar-refractivity contribution is -0.0968. The summed E-state index contributed by atoms with van der Waals surface area (Å²) in [5.74, 6) is 1.98. The van der Waals surface area contributed by atoms with Crippen molar-refractivity contribution in [2.45, 2.75) is 116 Å². The highest BCUT2D eigenvalue weighted by Crippen LogP contribution is 2.60. The highest BCUT2D eigenvalue weighted by atomic mass is 16.5. The summed E-state index contributed by atoms with van der Waals surface area (Å²) in [5.41, 5.74) is 2.79. The number of hydrogen-bond donors (Lipinski definition) is 4. The van der Waals surface area contributed by atoms with E-state index < -0.39 is 23.9 Å². The van der Waals surface area contributed by atoms with E-state index >= 15 is 0 Å². The Labute approximate surface area is 213 Å². The van der Waals surface area contributed by atoms with E-state index in [-0.39, 0.29) is 6.61 Å². The van der Waals surface area contributed by atoms with Crippen LogP contribution in [0.25, 0.3) is 0 Å². The van der Waals surface area contributed by atoms with Crippen molar-refractivity contribution >= 4 is 0 Å². The standard InChI is InChI=1S/C30H50O5/c1-20(9-6-15-29(3,4)34)24-13-14-25-22(10-7-16-30(24,25)5)11-12-23-19-26(32)28(27(33)21(23)2)35-18-8-17-31/h11-12,20,24-28,31-34H,2,6-10,13-19H2,1,3-5H3/b22-11+,23-12+/t20-,24+,25-,26+,27+,28+,30+/m0/s1. The number of allylic oxidation sites excluding steroid dienone is 3. The summed E-state index contributed by atoms with van der Waals surface area (Å²) >= 11 is 0. The summed E-state index contributed by atoms with van der Waals surface area (Å²) in [6.45, 7) is 13.2.